The zero-order valence-electron chi connectivity index (χ0n) is 9.42. The zero-order valence-corrected chi connectivity index (χ0v) is 11.7. The second-order valence-corrected chi connectivity index (χ2v) is 4.20. The number of halogens is 1. The van der Waals surface area contributed by atoms with E-state index < -0.39 is 0 Å². The van der Waals surface area contributed by atoms with Gasteiger partial charge in [0.05, 0.1) is 0 Å². The van der Waals surface area contributed by atoms with E-state index in [1.165, 1.54) is 32.1 Å². The molecule has 0 radical (unpaired) electrons. The van der Waals surface area contributed by atoms with Crippen molar-refractivity contribution in [1.29, 1.82) is 0 Å². The molecule has 0 spiro atoms. The number of hydrogen-bond donors (Lipinski definition) is 1. The van der Waals surface area contributed by atoms with Crippen LogP contribution in [-0.2, 0) is 0 Å². The van der Waals surface area contributed by atoms with Gasteiger partial charge >= 0.3 is 0 Å². The van der Waals surface area contributed by atoms with Gasteiger partial charge in [-0.3, -0.25) is 4.99 Å². The Morgan fingerprint density at radius 3 is 2.21 bits per heavy atom. The van der Waals surface area contributed by atoms with Gasteiger partial charge in [-0.2, -0.15) is 0 Å². The third kappa shape index (κ3) is 3.00. The maximum Gasteiger partial charge on any atom is 0.191 e. The van der Waals surface area contributed by atoms with Crippen molar-refractivity contribution in [1.82, 2.24) is 4.90 Å². The van der Waals surface area contributed by atoms with Crippen molar-refractivity contribution in [3.05, 3.63) is 0 Å². The minimum Gasteiger partial charge on any atom is -0.370 e. The van der Waals surface area contributed by atoms with E-state index in [4.69, 9.17) is 5.73 Å². The summed E-state index contributed by atoms with van der Waals surface area (Å²) in [6, 6.07) is 0. The lowest BCUT2D eigenvalue weighted by molar-refractivity contribution is 0.160. The first-order valence-electron chi connectivity index (χ1n) is 5.06. The fraction of sp³-hybridized carbons (Fsp3) is 0.900. The van der Waals surface area contributed by atoms with Crippen LogP contribution in [0.4, 0.5) is 0 Å². The first kappa shape index (κ1) is 14.0. The van der Waals surface area contributed by atoms with Crippen LogP contribution in [-0.4, -0.2) is 30.5 Å². The molecule has 2 N–H and O–H groups in total. The molecule has 0 aliphatic heterocycles. The molecule has 0 heterocycles. The van der Waals surface area contributed by atoms with Crippen molar-refractivity contribution in [3.8, 4) is 0 Å². The van der Waals surface area contributed by atoms with Gasteiger partial charge in [0, 0.05) is 19.6 Å². The van der Waals surface area contributed by atoms with E-state index in [2.05, 4.69) is 16.8 Å². The van der Waals surface area contributed by atoms with Gasteiger partial charge < -0.3 is 10.6 Å². The maximum atomic E-state index is 5.81. The summed E-state index contributed by atoms with van der Waals surface area (Å²) in [5.41, 5.74) is 6.05. The second kappa shape index (κ2) is 5.78. The highest BCUT2D eigenvalue weighted by molar-refractivity contribution is 14.0. The SMILES string of the molecule is CN=C(N)N(C)C1(C)CCCCC1.I. The summed E-state index contributed by atoms with van der Waals surface area (Å²) in [5, 5.41) is 0. The van der Waals surface area contributed by atoms with Crippen LogP contribution in [0.3, 0.4) is 0 Å². The highest BCUT2D eigenvalue weighted by Crippen LogP contribution is 2.31. The van der Waals surface area contributed by atoms with Crippen LogP contribution < -0.4 is 5.73 Å². The lowest BCUT2D eigenvalue weighted by atomic mass is 9.82. The summed E-state index contributed by atoms with van der Waals surface area (Å²) in [5.74, 6) is 0.657. The van der Waals surface area contributed by atoms with Crippen molar-refractivity contribution in [3.63, 3.8) is 0 Å². The highest BCUT2D eigenvalue weighted by Gasteiger charge is 2.31. The molecule has 84 valence electrons. The Morgan fingerprint density at radius 2 is 1.79 bits per heavy atom. The van der Waals surface area contributed by atoms with Crippen LogP contribution >= 0.6 is 24.0 Å². The van der Waals surface area contributed by atoms with E-state index >= 15 is 0 Å². The van der Waals surface area contributed by atoms with Crippen LogP contribution in [0.1, 0.15) is 39.0 Å². The molecule has 0 bridgehead atoms. The van der Waals surface area contributed by atoms with E-state index in [0.29, 0.717) is 5.96 Å². The summed E-state index contributed by atoms with van der Waals surface area (Å²) in [6.07, 6.45) is 6.47. The Kier molecular flexibility index (Phi) is 5.78. The molecule has 0 aromatic rings. The van der Waals surface area contributed by atoms with Crippen molar-refractivity contribution >= 4 is 29.9 Å². The van der Waals surface area contributed by atoms with Crippen LogP contribution in [0, 0.1) is 0 Å². The van der Waals surface area contributed by atoms with Crippen LogP contribution in [0.15, 0.2) is 4.99 Å². The van der Waals surface area contributed by atoms with Gasteiger partial charge in [-0.05, 0) is 19.8 Å². The van der Waals surface area contributed by atoms with Gasteiger partial charge in [-0.25, -0.2) is 0 Å². The van der Waals surface area contributed by atoms with Crippen LogP contribution in [0.5, 0.6) is 0 Å². The third-order valence-electron chi connectivity index (χ3n) is 3.31. The topological polar surface area (TPSA) is 41.6 Å². The number of aliphatic imine (C=N–C) groups is 1. The van der Waals surface area contributed by atoms with Crippen molar-refractivity contribution < 1.29 is 0 Å². The van der Waals surface area contributed by atoms with Gasteiger partial charge in [0.15, 0.2) is 5.96 Å². The van der Waals surface area contributed by atoms with E-state index in [9.17, 15) is 0 Å². The molecule has 1 aliphatic carbocycles. The Bertz CT molecular complexity index is 198. The Morgan fingerprint density at radius 1 is 1.29 bits per heavy atom. The Hall–Kier alpha value is 0. The normalized spacial score (nSPS) is 21.2. The molecular formula is C10H22IN3. The molecule has 14 heavy (non-hydrogen) atoms. The first-order chi connectivity index (χ1) is 6.10. The lowest BCUT2D eigenvalue weighted by Crippen LogP contribution is -2.51. The molecular weight excluding hydrogens is 289 g/mol. The predicted octanol–water partition coefficient (Wildman–Crippen LogP) is 2.20. The minimum atomic E-state index is 0. The highest BCUT2D eigenvalue weighted by atomic mass is 127. The Labute approximate surface area is 104 Å². The van der Waals surface area contributed by atoms with E-state index in [1.807, 2.05) is 7.05 Å². The number of rotatable bonds is 1. The first-order valence-corrected chi connectivity index (χ1v) is 5.06. The number of hydrogen-bond acceptors (Lipinski definition) is 1. The summed E-state index contributed by atoms with van der Waals surface area (Å²) in [7, 11) is 3.80. The predicted molar refractivity (Wildman–Crippen MR) is 72.2 cm³/mol. The molecule has 4 heteroatoms. The molecule has 0 unspecified atom stereocenters. The molecule has 0 aromatic carbocycles. The molecule has 0 saturated heterocycles. The lowest BCUT2D eigenvalue weighted by Gasteiger charge is -2.42. The number of nitrogens with zero attached hydrogens (tertiary/aromatic N) is 2. The fourth-order valence-corrected chi connectivity index (χ4v) is 2.08. The van der Waals surface area contributed by atoms with E-state index in [-0.39, 0.29) is 29.5 Å². The van der Waals surface area contributed by atoms with Gasteiger partial charge in [-0.1, -0.05) is 19.3 Å². The molecule has 3 nitrogen and oxygen atoms in total. The summed E-state index contributed by atoms with van der Waals surface area (Å²) in [6.45, 7) is 2.28. The summed E-state index contributed by atoms with van der Waals surface area (Å²) >= 11 is 0. The average molecular weight is 311 g/mol. The maximum absolute atomic E-state index is 5.81. The zero-order chi connectivity index (χ0) is 9.90. The number of guanidine groups is 1. The fourth-order valence-electron chi connectivity index (χ4n) is 2.08. The van der Waals surface area contributed by atoms with E-state index in [1.54, 1.807) is 7.05 Å². The average Bonchev–Trinajstić information content (AvgIpc) is 2.16. The van der Waals surface area contributed by atoms with Crippen molar-refractivity contribution in [2.45, 2.75) is 44.6 Å². The van der Waals surface area contributed by atoms with Gasteiger partial charge in [0.1, 0.15) is 0 Å². The van der Waals surface area contributed by atoms with E-state index in [0.717, 1.165) is 0 Å². The van der Waals surface area contributed by atoms with Gasteiger partial charge in [0.25, 0.3) is 0 Å². The molecule has 1 fully saturated rings. The standard InChI is InChI=1S/C10H21N3.HI/c1-10(7-5-4-6-8-10)13(3)9(11)12-2;/h4-8H2,1-3H3,(H2,11,12);1H. The van der Waals surface area contributed by atoms with Crippen molar-refractivity contribution in [2.75, 3.05) is 14.1 Å². The van der Waals surface area contributed by atoms with Crippen LogP contribution in [0.25, 0.3) is 0 Å². The molecule has 1 aliphatic rings. The van der Waals surface area contributed by atoms with Gasteiger partial charge in [-0.15, -0.1) is 24.0 Å². The molecule has 0 atom stereocenters. The molecule has 1 rings (SSSR count). The van der Waals surface area contributed by atoms with Gasteiger partial charge in [0.2, 0.25) is 0 Å². The largest absolute Gasteiger partial charge is 0.370 e. The summed E-state index contributed by atoms with van der Waals surface area (Å²) in [4.78, 5) is 6.16. The molecule has 1 saturated carbocycles. The van der Waals surface area contributed by atoms with Crippen molar-refractivity contribution in [2.24, 2.45) is 10.7 Å². The Balaban J connectivity index is 0.00000169. The quantitative estimate of drug-likeness (QED) is 0.458. The molecule has 0 aromatic heterocycles. The third-order valence-corrected chi connectivity index (χ3v) is 3.31. The second-order valence-electron chi connectivity index (χ2n) is 4.20. The monoisotopic (exact) mass is 311 g/mol. The summed E-state index contributed by atoms with van der Waals surface area (Å²) < 4.78 is 0. The smallest absolute Gasteiger partial charge is 0.191 e. The van der Waals surface area contributed by atoms with Crippen LogP contribution in [0.2, 0.25) is 0 Å². The minimum absolute atomic E-state index is 0. The number of nitrogens with two attached hydrogens (primary N) is 1. The molecule has 0 amide bonds.